The van der Waals surface area contributed by atoms with E-state index >= 15 is 0 Å². The summed E-state index contributed by atoms with van der Waals surface area (Å²) in [4.78, 5) is 0. The standard InChI is InChI=1S/C14H27NO/c15-13(11-12-5-1-2-6-12)7-3-8-14-9-4-10-16-14/h12-14H,1-11,15H2. The second kappa shape index (κ2) is 6.61. The van der Waals surface area contributed by atoms with Gasteiger partial charge in [0.1, 0.15) is 0 Å². The summed E-state index contributed by atoms with van der Waals surface area (Å²) in [6.07, 6.45) is 13.8. The Morgan fingerprint density at radius 1 is 1.12 bits per heavy atom. The number of nitrogens with two attached hydrogens (primary N) is 1. The maximum atomic E-state index is 6.20. The Hall–Kier alpha value is -0.0800. The molecule has 1 heterocycles. The molecule has 0 spiro atoms. The minimum atomic E-state index is 0.449. The molecule has 1 aliphatic carbocycles. The fraction of sp³-hybridized carbons (Fsp3) is 1.00. The molecular formula is C14H27NO. The second-order valence-electron chi connectivity index (χ2n) is 5.71. The Labute approximate surface area is 99.9 Å². The minimum absolute atomic E-state index is 0.449. The first kappa shape index (κ1) is 12.4. The summed E-state index contributed by atoms with van der Waals surface area (Å²) >= 11 is 0. The molecule has 2 N–H and O–H groups in total. The largest absolute Gasteiger partial charge is 0.378 e. The lowest BCUT2D eigenvalue weighted by molar-refractivity contribution is 0.101. The highest BCUT2D eigenvalue weighted by molar-refractivity contribution is 4.74. The van der Waals surface area contributed by atoms with Crippen LogP contribution in [-0.2, 0) is 4.74 Å². The molecule has 0 aromatic carbocycles. The van der Waals surface area contributed by atoms with Gasteiger partial charge in [-0.1, -0.05) is 25.7 Å². The van der Waals surface area contributed by atoms with E-state index in [0.717, 1.165) is 12.5 Å². The average Bonchev–Trinajstić information content (AvgIpc) is 2.90. The van der Waals surface area contributed by atoms with Crippen LogP contribution in [0.3, 0.4) is 0 Å². The molecule has 2 nitrogen and oxygen atoms in total. The molecule has 0 aromatic rings. The lowest BCUT2D eigenvalue weighted by Crippen LogP contribution is -2.23. The van der Waals surface area contributed by atoms with Crippen LogP contribution in [0.25, 0.3) is 0 Å². The first-order valence-corrected chi connectivity index (χ1v) is 7.22. The van der Waals surface area contributed by atoms with E-state index in [1.54, 1.807) is 0 Å². The van der Waals surface area contributed by atoms with Gasteiger partial charge in [0, 0.05) is 12.6 Å². The van der Waals surface area contributed by atoms with E-state index in [9.17, 15) is 0 Å². The summed E-state index contributed by atoms with van der Waals surface area (Å²) < 4.78 is 5.63. The first-order chi connectivity index (χ1) is 7.84. The predicted octanol–water partition coefficient (Wildman–Crippen LogP) is 3.24. The summed E-state index contributed by atoms with van der Waals surface area (Å²) in [5.41, 5.74) is 6.20. The molecule has 94 valence electrons. The van der Waals surface area contributed by atoms with Crippen molar-refractivity contribution < 1.29 is 4.74 Å². The normalized spacial score (nSPS) is 28.7. The number of hydrogen-bond acceptors (Lipinski definition) is 2. The Morgan fingerprint density at radius 3 is 2.62 bits per heavy atom. The molecule has 0 amide bonds. The van der Waals surface area contributed by atoms with Gasteiger partial charge >= 0.3 is 0 Å². The zero-order valence-electron chi connectivity index (χ0n) is 10.5. The highest BCUT2D eigenvalue weighted by Crippen LogP contribution is 2.29. The van der Waals surface area contributed by atoms with Crippen molar-refractivity contribution in [2.24, 2.45) is 11.7 Å². The van der Waals surface area contributed by atoms with E-state index in [4.69, 9.17) is 10.5 Å². The van der Waals surface area contributed by atoms with E-state index in [2.05, 4.69) is 0 Å². The number of rotatable bonds is 6. The van der Waals surface area contributed by atoms with Crippen LogP contribution in [0, 0.1) is 5.92 Å². The maximum Gasteiger partial charge on any atom is 0.0576 e. The maximum absolute atomic E-state index is 6.20. The van der Waals surface area contributed by atoms with Gasteiger partial charge in [-0.3, -0.25) is 0 Å². The van der Waals surface area contributed by atoms with Gasteiger partial charge in [-0.2, -0.15) is 0 Å². The van der Waals surface area contributed by atoms with Crippen molar-refractivity contribution in [3.05, 3.63) is 0 Å². The molecule has 1 saturated carbocycles. The molecule has 0 bridgehead atoms. The van der Waals surface area contributed by atoms with Gasteiger partial charge in [0.25, 0.3) is 0 Å². The molecule has 0 aromatic heterocycles. The van der Waals surface area contributed by atoms with Crippen LogP contribution in [0.2, 0.25) is 0 Å². The van der Waals surface area contributed by atoms with E-state index in [0.29, 0.717) is 12.1 Å². The Morgan fingerprint density at radius 2 is 1.94 bits per heavy atom. The first-order valence-electron chi connectivity index (χ1n) is 7.22. The molecule has 0 radical (unpaired) electrons. The third-order valence-corrected chi connectivity index (χ3v) is 4.24. The van der Waals surface area contributed by atoms with Gasteiger partial charge in [0.2, 0.25) is 0 Å². The fourth-order valence-corrected chi connectivity index (χ4v) is 3.27. The average molecular weight is 225 g/mol. The highest BCUT2D eigenvalue weighted by Gasteiger charge is 2.19. The van der Waals surface area contributed by atoms with E-state index in [1.807, 2.05) is 0 Å². The van der Waals surface area contributed by atoms with Crippen LogP contribution in [0.4, 0.5) is 0 Å². The summed E-state index contributed by atoms with van der Waals surface area (Å²) in [6, 6.07) is 0.449. The van der Waals surface area contributed by atoms with E-state index in [1.165, 1.54) is 64.2 Å². The number of ether oxygens (including phenoxy) is 1. The topological polar surface area (TPSA) is 35.2 Å². The lowest BCUT2D eigenvalue weighted by atomic mass is 9.95. The summed E-state index contributed by atoms with van der Waals surface area (Å²) in [5.74, 6) is 0.942. The SMILES string of the molecule is NC(CCCC1CCCO1)CC1CCCC1. The molecule has 2 aliphatic rings. The van der Waals surface area contributed by atoms with Crippen LogP contribution in [0.15, 0.2) is 0 Å². The van der Waals surface area contributed by atoms with Crippen molar-refractivity contribution in [3.63, 3.8) is 0 Å². The minimum Gasteiger partial charge on any atom is -0.378 e. The summed E-state index contributed by atoms with van der Waals surface area (Å²) in [7, 11) is 0. The van der Waals surface area contributed by atoms with Crippen LogP contribution in [0.1, 0.15) is 64.2 Å². The van der Waals surface area contributed by atoms with Crippen molar-refractivity contribution in [1.29, 1.82) is 0 Å². The zero-order chi connectivity index (χ0) is 11.2. The van der Waals surface area contributed by atoms with Gasteiger partial charge < -0.3 is 10.5 Å². The monoisotopic (exact) mass is 225 g/mol. The van der Waals surface area contributed by atoms with Gasteiger partial charge in [-0.15, -0.1) is 0 Å². The molecule has 16 heavy (non-hydrogen) atoms. The second-order valence-corrected chi connectivity index (χ2v) is 5.71. The van der Waals surface area contributed by atoms with Crippen LogP contribution < -0.4 is 5.73 Å². The molecule has 2 rings (SSSR count). The van der Waals surface area contributed by atoms with Gasteiger partial charge in [-0.25, -0.2) is 0 Å². The van der Waals surface area contributed by atoms with Gasteiger partial charge in [0.15, 0.2) is 0 Å². The Bertz CT molecular complexity index is 183. The fourth-order valence-electron chi connectivity index (χ4n) is 3.27. The molecular weight excluding hydrogens is 198 g/mol. The Kier molecular flexibility index (Phi) is 5.11. The third kappa shape index (κ3) is 4.06. The molecule has 2 unspecified atom stereocenters. The van der Waals surface area contributed by atoms with Crippen molar-refractivity contribution in [3.8, 4) is 0 Å². The molecule has 2 atom stereocenters. The predicted molar refractivity (Wildman–Crippen MR) is 67.4 cm³/mol. The van der Waals surface area contributed by atoms with Gasteiger partial charge in [0.05, 0.1) is 6.10 Å². The summed E-state index contributed by atoms with van der Waals surface area (Å²) in [6.45, 7) is 0.985. The number of hydrogen-bond donors (Lipinski definition) is 1. The zero-order valence-corrected chi connectivity index (χ0v) is 10.5. The van der Waals surface area contributed by atoms with Crippen molar-refractivity contribution in [1.82, 2.24) is 0 Å². The highest BCUT2D eigenvalue weighted by atomic mass is 16.5. The van der Waals surface area contributed by atoms with Gasteiger partial charge in [-0.05, 0) is 44.4 Å². The van der Waals surface area contributed by atoms with Crippen molar-refractivity contribution >= 4 is 0 Å². The van der Waals surface area contributed by atoms with E-state index in [-0.39, 0.29) is 0 Å². The van der Waals surface area contributed by atoms with E-state index < -0.39 is 0 Å². The molecule has 2 heteroatoms. The van der Waals surface area contributed by atoms with Crippen LogP contribution >= 0.6 is 0 Å². The lowest BCUT2D eigenvalue weighted by Gasteiger charge is -2.17. The van der Waals surface area contributed by atoms with Crippen molar-refractivity contribution in [2.75, 3.05) is 6.61 Å². The molecule has 2 fully saturated rings. The Balaban J connectivity index is 1.51. The summed E-state index contributed by atoms with van der Waals surface area (Å²) in [5, 5.41) is 0. The molecule has 1 aliphatic heterocycles. The van der Waals surface area contributed by atoms with Crippen LogP contribution in [0.5, 0.6) is 0 Å². The smallest absolute Gasteiger partial charge is 0.0576 e. The quantitative estimate of drug-likeness (QED) is 0.753. The van der Waals surface area contributed by atoms with Crippen LogP contribution in [-0.4, -0.2) is 18.8 Å². The van der Waals surface area contributed by atoms with Crippen molar-refractivity contribution in [2.45, 2.75) is 76.4 Å². The molecule has 1 saturated heterocycles. The third-order valence-electron chi connectivity index (χ3n) is 4.24.